The number of aromatic nitrogens is 4. The van der Waals surface area contributed by atoms with Gasteiger partial charge < -0.3 is 19.9 Å². The van der Waals surface area contributed by atoms with E-state index < -0.39 is 12.0 Å². The number of H-pyrrole nitrogens is 1. The van der Waals surface area contributed by atoms with Gasteiger partial charge in [0.15, 0.2) is 0 Å². The third kappa shape index (κ3) is 3.11. The number of hydrogen-bond acceptors (Lipinski definition) is 6. The van der Waals surface area contributed by atoms with E-state index in [1.165, 1.54) is 6.33 Å². The number of carboxylic acids is 1. The van der Waals surface area contributed by atoms with Crippen LogP contribution in [-0.2, 0) is 11.2 Å². The molecule has 0 bridgehead atoms. The molecule has 0 fully saturated rings. The van der Waals surface area contributed by atoms with Crippen LogP contribution in [0, 0.1) is 0 Å². The van der Waals surface area contributed by atoms with Crippen molar-refractivity contribution in [2.75, 3.05) is 5.32 Å². The second-order valence-electron chi connectivity index (χ2n) is 4.61. The molecule has 0 radical (unpaired) electrons. The molecule has 112 valence electrons. The monoisotopic (exact) mass is 299 g/mol. The zero-order chi connectivity index (χ0) is 15.4. The van der Waals surface area contributed by atoms with Gasteiger partial charge in [0.1, 0.15) is 11.7 Å². The van der Waals surface area contributed by atoms with E-state index in [2.05, 4.69) is 25.4 Å². The lowest BCUT2D eigenvalue weighted by Crippen LogP contribution is -2.31. The largest absolute Gasteiger partial charge is 0.480 e. The molecule has 0 unspecified atom stereocenters. The van der Waals surface area contributed by atoms with Crippen molar-refractivity contribution in [3.63, 3.8) is 0 Å². The van der Waals surface area contributed by atoms with E-state index in [4.69, 9.17) is 4.52 Å². The van der Waals surface area contributed by atoms with Gasteiger partial charge >= 0.3 is 5.97 Å². The topological polar surface area (TPSA) is 117 Å². The Morgan fingerprint density at radius 2 is 2.32 bits per heavy atom. The zero-order valence-electron chi connectivity index (χ0n) is 11.4. The summed E-state index contributed by atoms with van der Waals surface area (Å²) < 4.78 is 5.13. The molecular formula is C14H13N5O3. The number of anilines is 1. The molecule has 3 heterocycles. The Hall–Kier alpha value is -3.16. The molecule has 0 aliphatic rings. The number of aliphatic carboxylic acids is 1. The van der Waals surface area contributed by atoms with Crippen LogP contribution in [0.2, 0.25) is 0 Å². The van der Waals surface area contributed by atoms with Crippen LogP contribution in [0.15, 0.2) is 47.5 Å². The Bertz CT molecular complexity index is 739. The van der Waals surface area contributed by atoms with Gasteiger partial charge in [-0.3, -0.25) is 4.98 Å². The van der Waals surface area contributed by atoms with Crippen LogP contribution in [0.5, 0.6) is 0 Å². The first-order valence-corrected chi connectivity index (χ1v) is 6.57. The molecule has 22 heavy (non-hydrogen) atoms. The maximum absolute atomic E-state index is 11.3. The second kappa shape index (κ2) is 6.08. The number of pyridine rings is 1. The van der Waals surface area contributed by atoms with Crippen LogP contribution < -0.4 is 5.32 Å². The molecule has 0 saturated heterocycles. The van der Waals surface area contributed by atoms with Crippen LogP contribution in [0.3, 0.4) is 0 Å². The normalized spacial score (nSPS) is 12.0. The van der Waals surface area contributed by atoms with E-state index in [1.54, 1.807) is 30.6 Å². The van der Waals surface area contributed by atoms with Crippen molar-refractivity contribution in [2.45, 2.75) is 12.5 Å². The van der Waals surface area contributed by atoms with Crippen molar-refractivity contribution < 1.29 is 14.4 Å². The van der Waals surface area contributed by atoms with E-state index in [9.17, 15) is 9.90 Å². The summed E-state index contributed by atoms with van der Waals surface area (Å²) in [4.78, 5) is 22.2. The highest BCUT2D eigenvalue weighted by Crippen LogP contribution is 2.20. The number of aromatic amines is 1. The molecule has 3 aromatic rings. The van der Waals surface area contributed by atoms with Gasteiger partial charge in [-0.25, -0.2) is 9.78 Å². The molecule has 1 atom stereocenters. The number of hydrogen-bond donors (Lipinski definition) is 3. The van der Waals surface area contributed by atoms with Gasteiger partial charge in [0.25, 0.3) is 0 Å². The molecule has 3 aromatic heterocycles. The second-order valence-corrected chi connectivity index (χ2v) is 4.61. The van der Waals surface area contributed by atoms with Gasteiger partial charge in [0.2, 0.25) is 5.88 Å². The summed E-state index contributed by atoms with van der Waals surface area (Å²) in [6.45, 7) is 0. The molecule has 0 aromatic carbocycles. The van der Waals surface area contributed by atoms with E-state index in [0.29, 0.717) is 17.1 Å². The lowest BCUT2D eigenvalue weighted by Gasteiger charge is -2.11. The van der Waals surface area contributed by atoms with E-state index in [0.717, 1.165) is 0 Å². The molecule has 3 rings (SSSR count). The minimum absolute atomic E-state index is 0.245. The highest BCUT2D eigenvalue weighted by atomic mass is 16.5. The van der Waals surface area contributed by atoms with Crippen molar-refractivity contribution >= 4 is 11.9 Å². The van der Waals surface area contributed by atoms with Gasteiger partial charge in [-0.05, 0) is 12.1 Å². The Morgan fingerprint density at radius 1 is 1.41 bits per heavy atom. The summed E-state index contributed by atoms with van der Waals surface area (Å²) >= 11 is 0. The van der Waals surface area contributed by atoms with Crippen LogP contribution in [0.1, 0.15) is 5.69 Å². The molecule has 3 N–H and O–H groups in total. The van der Waals surface area contributed by atoms with Crippen LogP contribution in [0.4, 0.5) is 5.88 Å². The molecule has 0 aliphatic carbocycles. The summed E-state index contributed by atoms with van der Waals surface area (Å²) in [5, 5.41) is 16.0. The van der Waals surface area contributed by atoms with Gasteiger partial charge in [-0.2, -0.15) is 0 Å². The van der Waals surface area contributed by atoms with Crippen LogP contribution >= 0.6 is 0 Å². The molecular weight excluding hydrogens is 286 g/mol. The first kappa shape index (κ1) is 13.8. The average Bonchev–Trinajstić information content (AvgIpc) is 3.19. The van der Waals surface area contributed by atoms with Crippen molar-refractivity contribution in [3.05, 3.63) is 48.7 Å². The highest BCUT2D eigenvalue weighted by molar-refractivity contribution is 5.77. The predicted molar refractivity (Wildman–Crippen MR) is 77.1 cm³/mol. The maximum Gasteiger partial charge on any atom is 0.326 e. The summed E-state index contributed by atoms with van der Waals surface area (Å²) in [5.41, 5.74) is 1.90. The minimum Gasteiger partial charge on any atom is -0.480 e. The highest BCUT2D eigenvalue weighted by Gasteiger charge is 2.20. The fourth-order valence-electron chi connectivity index (χ4n) is 1.97. The van der Waals surface area contributed by atoms with Crippen molar-refractivity contribution in [3.8, 4) is 11.4 Å². The molecule has 0 amide bonds. The number of rotatable bonds is 6. The first-order valence-electron chi connectivity index (χ1n) is 6.57. The third-order valence-electron chi connectivity index (χ3n) is 3.03. The van der Waals surface area contributed by atoms with Crippen molar-refractivity contribution in [1.29, 1.82) is 0 Å². The molecule has 8 heteroatoms. The van der Waals surface area contributed by atoms with Crippen molar-refractivity contribution in [1.82, 2.24) is 20.1 Å². The summed E-state index contributed by atoms with van der Waals surface area (Å²) in [7, 11) is 0. The molecule has 0 spiro atoms. The number of carboxylic acid groups (broad SMARTS) is 1. The lowest BCUT2D eigenvalue weighted by atomic mass is 10.1. The number of nitrogens with one attached hydrogen (secondary N) is 2. The zero-order valence-corrected chi connectivity index (χ0v) is 11.4. The van der Waals surface area contributed by atoms with Gasteiger partial charge in [-0.1, -0.05) is 11.2 Å². The maximum atomic E-state index is 11.3. The Morgan fingerprint density at radius 3 is 3.00 bits per heavy atom. The molecule has 0 aliphatic heterocycles. The quantitative estimate of drug-likeness (QED) is 0.632. The van der Waals surface area contributed by atoms with Gasteiger partial charge in [-0.15, -0.1) is 0 Å². The molecule has 8 nitrogen and oxygen atoms in total. The SMILES string of the molecule is O=C(O)[C@@H](Cc1cnc[nH]1)Nc1cc(-c2ccccn2)no1. The lowest BCUT2D eigenvalue weighted by molar-refractivity contribution is -0.137. The summed E-state index contributed by atoms with van der Waals surface area (Å²) in [6.07, 6.45) is 4.98. The third-order valence-corrected chi connectivity index (χ3v) is 3.03. The smallest absolute Gasteiger partial charge is 0.326 e. The van der Waals surface area contributed by atoms with Gasteiger partial charge in [0, 0.05) is 30.6 Å². The van der Waals surface area contributed by atoms with Crippen molar-refractivity contribution in [2.24, 2.45) is 0 Å². The summed E-state index contributed by atoms with van der Waals surface area (Å²) in [6, 6.07) is 6.19. The van der Waals surface area contributed by atoms with Gasteiger partial charge in [0.05, 0.1) is 12.0 Å². The Balaban J connectivity index is 1.73. The van der Waals surface area contributed by atoms with Crippen LogP contribution in [0.25, 0.3) is 11.4 Å². The average molecular weight is 299 g/mol. The standard InChI is InChI=1S/C14H13N5O3/c20-14(21)12(5-9-7-15-8-17-9)18-13-6-11(19-22-13)10-3-1-2-4-16-10/h1-4,6-8,12,18H,5H2,(H,15,17)(H,20,21)/t12-/m1/s1. The Kier molecular flexibility index (Phi) is 3.82. The van der Waals surface area contributed by atoms with E-state index in [1.807, 2.05) is 6.07 Å². The fourth-order valence-corrected chi connectivity index (χ4v) is 1.97. The van der Waals surface area contributed by atoms with Crippen LogP contribution in [-0.4, -0.2) is 37.2 Å². The first-order chi connectivity index (χ1) is 10.7. The van der Waals surface area contributed by atoms with E-state index in [-0.39, 0.29) is 12.3 Å². The fraction of sp³-hybridized carbons (Fsp3) is 0.143. The summed E-state index contributed by atoms with van der Waals surface area (Å²) in [5.74, 6) is -0.724. The predicted octanol–water partition coefficient (Wildman–Crippen LogP) is 1.57. The van der Waals surface area contributed by atoms with E-state index >= 15 is 0 Å². The number of carbonyl (C=O) groups is 1. The number of imidazole rings is 1. The minimum atomic E-state index is -0.995. The Labute approximate surface area is 125 Å². The molecule has 0 saturated carbocycles. The number of nitrogens with zero attached hydrogens (tertiary/aromatic N) is 3.